The van der Waals surface area contributed by atoms with Crippen LogP contribution >= 0.6 is 11.3 Å². The molecule has 4 rings (SSSR count). The first-order valence-electron chi connectivity index (χ1n) is 9.59. The number of hydrogen-bond donors (Lipinski definition) is 0. The van der Waals surface area contributed by atoms with E-state index in [9.17, 15) is 18.0 Å². The molecule has 0 aliphatic carbocycles. The molecule has 1 amide bonds. The second kappa shape index (κ2) is 8.57. The molecule has 0 N–H and O–H groups in total. The number of hydrogen-bond acceptors (Lipinski definition) is 4. The summed E-state index contributed by atoms with van der Waals surface area (Å²) in [6.45, 7) is 3.04. The first-order valence-corrected chi connectivity index (χ1v) is 10.5. The van der Waals surface area contributed by atoms with Crippen LogP contribution in [0.1, 0.15) is 21.6 Å². The number of carbonyl (C=O) groups is 1. The Morgan fingerprint density at radius 1 is 0.967 bits per heavy atom. The van der Waals surface area contributed by atoms with E-state index in [2.05, 4.69) is 9.88 Å². The zero-order chi connectivity index (χ0) is 21.1. The first kappa shape index (κ1) is 20.6. The molecule has 2 aromatic carbocycles. The molecule has 1 aliphatic heterocycles. The first-order chi connectivity index (χ1) is 14.4. The minimum Gasteiger partial charge on any atom is -0.335 e. The number of nitrogens with zero attached hydrogens (tertiary/aromatic N) is 3. The molecule has 0 saturated carbocycles. The van der Waals surface area contributed by atoms with Crippen molar-refractivity contribution >= 4 is 17.2 Å². The van der Waals surface area contributed by atoms with Gasteiger partial charge in [0.2, 0.25) is 0 Å². The third kappa shape index (κ3) is 4.71. The van der Waals surface area contributed by atoms with E-state index in [1.165, 1.54) is 23.5 Å². The molecule has 4 nitrogen and oxygen atoms in total. The molecular weight excluding hydrogens is 411 g/mol. The van der Waals surface area contributed by atoms with Gasteiger partial charge >= 0.3 is 6.18 Å². The lowest BCUT2D eigenvalue weighted by atomic mass is 10.1. The molecule has 0 unspecified atom stereocenters. The van der Waals surface area contributed by atoms with Gasteiger partial charge in [-0.3, -0.25) is 9.69 Å². The third-order valence-electron chi connectivity index (χ3n) is 5.09. The summed E-state index contributed by atoms with van der Waals surface area (Å²) in [6.07, 6.45) is -4.32. The Morgan fingerprint density at radius 2 is 1.63 bits per heavy atom. The highest BCUT2D eigenvalue weighted by atomic mass is 32.1. The van der Waals surface area contributed by atoms with Crippen LogP contribution in [0.15, 0.2) is 60.0 Å². The number of aromatic nitrogens is 1. The van der Waals surface area contributed by atoms with Gasteiger partial charge in [-0.05, 0) is 17.7 Å². The number of benzene rings is 2. The Bertz CT molecular complexity index is 994. The van der Waals surface area contributed by atoms with Crippen molar-refractivity contribution in [3.63, 3.8) is 0 Å². The Hall–Kier alpha value is -2.71. The lowest BCUT2D eigenvalue weighted by Crippen LogP contribution is -2.48. The van der Waals surface area contributed by atoms with E-state index in [1.54, 1.807) is 10.3 Å². The average molecular weight is 431 g/mol. The van der Waals surface area contributed by atoms with Gasteiger partial charge in [0, 0.05) is 43.7 Å². The standard InChI is InChI=1S/C22H20F3N3OS/c23-22(24,25)18-8-6-16(7-9-18)14-27-10-12-28(13-11-27)21(29)19-15-30-20(26-19)17-4-2-1-3-5-17/h1-9,15H,10-14H2. The van der Waals surface area contributed by atoms with Crippen molar-refractivity contribution in [1.29, 1.82) is 0 Å². The highest BCUT2D eigenvalue weighted by Gasteiger charge is 2.30. The second-order valence-corrected chi connectivity index (χ2v) is 8.03. The van der Waals surface area contributed by atoms with E-state index < -0.39 is 11.7 Å². The third-order valence-corrected chi connectivity index (χ3v) is 5.98. The number of rotatable bonds is 4. The van der Waals surface area contributed by atoms with Crippen LogP contribution in [0.2, 0.25) is 0 Å². The maximum atomic E-state index is 12.8. The predicted molar refractivity (Wildman–Crippen MR) is 110 cm³/mol. The van der Waals surface area contributed by atoms with E-state index >= 15 is 0 Å². The van der Waals surface area contributed by atoms with Gasteiger partial charge in [0.15, 0.2) is 0 Å². The number of thiazole rings is 1. The zero-order valence-electron chi connectivity index (χ0n) is 16.1. The molecule has 0 atom stereocenters. The molecule has 3 aromatic rings. The Labute approximate surface area is 176 Å². The molecule has 8 heteroatoms. The molecule has 1 saturated heterocycles. The van der Waals surface area contributed by atoms with Crippen LogP contribution in [0, 0.1) is 0 Å². The molecule has 1 fully saturated rings. The molecule has 0 bridgehead atoms. The Balaban J connectivity index is 1.32. The van der Waals surface area contributed by atoms with Gasteiger partial charge in [0.05, 0.1) is 5.56 Å². The maximum absolute atomic E-state index is 12.8. The number of halogens is 3. The molecule has 1 aromatic heterocycles. The van der Waals surface area contributed by atoms with Crippen molar-refractivity contribution in [2.45, 2.75) is 12.7 Å². The molecule has 30 heavy (non-hydrogen) atoms. The second-order valence-electron chi connectivity index (χ2n) is 7.17. The summed E-state index contributed by atoms with van der Waals surface area (Å²) < 4.78 is 38.0. The summed E-state index contributed by atoms with van der Waals surface area (Å²) in [5.41, 5.74) is 1.63. The summed E-state index contributed by atoms with van der Waals surface area (Å²) in [5, 5.41) is 2.61. The monoisotopic (exact) mass is 431 g/mol. The van der Waals surface area contributed by atoms with Crippen molar-refractivity contribution < 1.29 is 18.0 Å². The van der Waals surface area contributed by atoms with Crippen molar-refractivity contribution in [3.8, 4) is 10.6 Å². The summed E-state index contributed by atoms with van der Waals surface area (Å²) in [7, 11) is 0. The number of amides is 1. The zero-order valence-corrected chi connectivity index (χ0v) is 16.9. The van der Waals surface area contributed by atoms with Crippen LogP contribution in [0.5, 0.6) is 0 Å². The molecule has 0 radical (unpaired) electrons. The lowest BCUT2D eigenvalue weighted by molar-refractivity contribution is -0.137. The van der Waals surface area contributed by atoms with Gasteiger partial charge in [-0.2, -0.15) is 13.2 Å². The maximum Gasteiger partial charge on any atom is 0.416 e. The highest BCUT2D eigenvalue weighted by Crippen LogP contribution is 2.29. The SMILES string of the molecule is O=C(c1csc(-c2ccccc2)n1)N1CCN(Cc2ccc(C(F)(F)F)cc2)CC1. The van der Waals surface area contributed by atoms with E-state index in [4.69, 9.17) is 0 Å². The van der Waals surface area contributed by atoms with Gasteiger partial charge in [-0.25, -0.2) is 4.98 Å². The van der Waals surface area contributed by atoms with E-state index in [0.717, 1.165) is 28.3 Å². The number of carbonyl (C=O) groups excluding carboxylic acids is 1. The van der Waals surface area contributed by atoms with Crippen LogP contribution in [0.3, 0.4) is 0 Å². The minimum atomic E-state index is -4.32. The smallest absolute Gasteiger partial charge is 0.335 e. The average Bonchev–Trinajstić information content (AvgIpc) is 3.24. The fourth-order valence-corrected chi connectivity index (χ4v) is 4.21. The van der Waals surface area contributed by atoms with Crippen molar-refractivity contribution in [3.05, 3.63) is 76.8 Å². The number of alkyl halides is 3. The minimum absolute atomic E-state index is 0.0809. The number of piperazine rings is 1. The molecule has 0 spiro atoms. The van der Waals surface area contributed by atoms with Crippen molar-refractivity contribution in [1.82, 2.24) is 14.8 Å². The molecule has 156 valence electrons. The van der Waals surface area contributed by atoms with Crippen molar-refractivity contribution in [2.24, 2.45) is 0 Å². The highest BCUT2D eigenvalue weighted by molar-refractivity contribution is 7.13. The van der Waals surface area contributed by atoms with Gasteiger partial charge < -0.3 is 4.90 Å². The van der Waals surface area contributed by atoms with Crippen LogP contribution in [-0.4, -0.2) is 46.9 Å². The van der Waals surface area contributed by atoms with E-state index in [0.29, 0.717) is 38.4 Å². The molecule has 2 heterocycles. The van der Waals surface area contributed by atoms with Gasteiger partial charge in [-0.1, -0.05) is 42.5 Å². The van der Waals surface area contributed by atoms with Crippen LogP contribution in [0.4, 0.5) is 13.2 Å². The quantitative estimate of drug-likeness (QED) is 0.596. The van der Waals surface area contributed by atoms with Crippen LogP contribution < -0.4 is 0 Å². The topological polar surface area (TPSA) is 36.4 Å². The fourth-order valence-electron chi connectivity index (χ4n) is 3.41. The summed E-state index contributed by atoms with van der Waals surface area (Å²) >= 11 is 1.45. The summed E-state index contributed by atoms with van der Waals surface area (Å²) in [6, 6.07) is 15.0. The predicted octanol–water partition coefficient (Wildman–Crippen LogP) is 4.79. The largest absolute Gasteiger partial charge is 0.416 e. The van der Waals surface area contributed by atoms with E-state index in [1.807, 2.05) is 30.3 Å². The normalized spacial score (nSPS) is 15.4. The van der Waals surface area contributed by atoms with Gasteiger partial charge in [-0.15, -0.1) is 11.3 Å². The summed E-state index contributed by atoms with van der Waals surface area (Å²) in [4.78, 5) is 21.2. The Morgan fingerprint density at radius 3 is 2.27 bits per heavy atom. The van der Waals surface area contributed by atoms with Gasteiger partial charge in [0.1, 0.15) is 10.7 Å². The van der Waals surface area contributed by atoms with E-state index in [-0.39, 0.29) is 5.91 Å². The Kier molecular flexibility index (Phi) is 5.87. The summed E-state index contributed by atoms with van der Waals surface area (Å²) in [5.74, 6) is -0.0809. The molecule has 1 aliphatic rings. The van der Waals surface area contributed by atoms with Crippen LogP contribution in [-0.2, 0) is 12.7 Å². The fraction of sp³-hybridized carbons (Fsp3) is 0.273. The van der Waals surface area contributed by atoms with Crippen molar-refractivity contribution in [2.75, 3.05) is 26.2 Å². The molecular formula is C22H20F3N3OS. The lowest BCUT2D eigenvalue weighted by Gasteiger charge is -2.34. The van der Waals surface area contributed by atoms with Crippen LogP contribution in [0.25, 0.3) is 10.6 Å². The van der Waals surface area contributed by atoms with Gasteiger partial charge in [0.25, 0.3) is 5.91 Å².